The van der Waals surface area contributed by atoms with Gasteiger partial charge in [-0.05, 0) is 6.07 Å². The van der Waals surface area contributed by atoms with Crippen molar-refractivity contribution >= 4 is 34.2 Å². The third-order valence-corrected chi connectivity index (χ3v) is 2.33. The van der Waals surface area contributed by atoms with Crippen LogP contribution < -0.4 is 0 Å². The largest absolute Gasteiger partial charge is 0.504 e. The summed E-state index contributed by atoms with van der Waals surface area (Å²) >= 11 is 11.6. The molecule has 13 heavy (non-hydrogen) atoms. The van der Waals surface area contributed by atoms with Gasteiger partial charge < -0.3 is 5.11 Å². The number of halogens is 2. The number of nitrogens with zero attached hydrogens (tertiary/aromatic N) is 3. The zero-order chi connectivity index (χ0) is 9.59. The summed E-state index contributed by atoms with van der Waals surface area (Å²) in [6.45, 7) is 0. The van der Waals surface area contributed by atoms with Gasteiger partial charge in [-0.1, -0.05) is 28.4 Å². The Bertz CT molecular complexity index is 480. The number of hydrogen-bond donors (Lipinski definition) is 1. The molecule has 1 N–H and O–H groups in total. The number of fused-ring (bicyclic) bond motifs is 1. The minimum atomic E-state index is -0.0887. The Labute approximate surface area is 83.7 Å². The Morgan fingerprint density at radius 1 is 1.38 bits per heavy atom. The number of aromatic hydroxyl groups is 1. The molecule has 0 spiro atoms. The lowest BCUT2D eigenvalue weighted by Gasteiger charge is -1.99. The zero-order valence-electron chi connectivity index (χ0n) is 6.62. The molecule has 2 aromatic rings. The Morgan fingerprint density at radius 3 is 2.77 bits per heavy atom. The van der Waals surface area contributed by atoms with Crippen LogP contribution in [0, 0.1) is 0 Å². The van der Waals surface area contributed by atoms with E-state index in [1.54, 1.807) is 7.05 Å². The van der Waals surface area contributed by atoms with Gasteiger partial charge in [-0.2, -0.15) is 0 Å². The molecule has 1 heterocycles. The lowest BCUT2D eigenvalue weighted by atomic mass is 10.3. The molecule has 1 aromatic carbocycles. The normalized spacial score (nSPS) is 11.0. The van der Waals surface area contributed by atoms with E-state index >= 15 is 0 Å². The fourth-order valence-corrected chi connectivity index (χ4v) is 1.72. The second-order valence-corrected chi connectivity index (χ2v) is 3.41. The molecule has 0 aliphatic carbocycles. The lowest BCUT2D eigenvalue weighted by molar-refractivity contribution is 0.480. The average molecular weight is 218 g/mol. The molecule has 0 amide bonds. The minimum absolute atomic E-state index is 0.0887. The molecule has 2 rings (SSSR count). The van der Waals surface area contributed by atoms with E-state index in [9.17, 15) is 5.11 Å². The molecular weight excluding hydrogens is 213 g/mol. The zero-order valence-corrected chi connectivity index (χ0v) is 8.13. The second kappa shape index (κ2) is 2.75. The van der Waals surface area contributed by atoms with Crippen LogP contribution in [0.3, 0.4) is 0 Å². The van der Waals surface area contributed by atoms with E-state index in [0.29, 0.717) is 16.1 Å². The van der Waals surface area contributed by atoms with Gasteiger partial charge in [-0.15, -0.1) is 5.10 Å². The van der Waals surface area contributed by atoms with E-state index in [4.69, 9.17) is 23.2 Å². The van der Waals surface area contributed by atoms with Crippen LogP contribution in [0.1, 0.15) is 0 Å². The van der Waals surface area contributed by atoms with Crippen LogP contribution in [-0.2, 0) is 7.05 Å². The van der Waals surface area contributed by atoms with Crippen LogP contribution in [0.5, 0.6) is 5.75 Å². The Kier molecular flexibility index (Phi) is 1.82. The predicted octanol–water partition coefficient (Wildman–Crippen LogP) is 1.98. The standard InChI is InChI=1S/C7H5Cl2N3O/c1-12-6-3(8)2-4(9)7(13)5(6)10-11-12/h2,13H,1H3. The number of aryl methyl sites for hydroxylation is 1. The number of rotatable bonds is 0. The molecule has 1 aromatic heterocycles. The molecule has 6 heteroatoms. The van der Waals surface area contributed by atoms with E-state index < -0.39 is 0 Å². The van der Waals surface area contributed by atoms with Crippen molar-refractivity contribution in [3.8, 4) is 5.75 Å². The fourth-order valence-electron chi connectivity index (χ4n) is 1.15. The molecule has 0 unspecified atom stereocenters. The van der Waals surface area contributed by atoms with E-state index in [0.717, 1.165) is 0 Å². The first-order valence-corrected chi connectivity index (χ1v) is 4.23. The quantitative estimate of drug-likeness (QED) is 0.735. The third kappa shape index (κ3) is 1.14. The van der Waals surface area contributed by atoms with Crippen LogP contribution in [-0.4, -0.2) is 20.1 Å². The lowest BCUT2D eigenvalue weighted by Crippen LogP contribution is -1.89. The van der Waals surface area contributed by atoms with Crippen molar-refractivity contribution in [2.75, 3.05) is 0 Å². The van der Waals surface area contributed by atoms with Crippen molar-refractivity contribution in [1.82, 2.24) is 15.0 Å². The first-order valence-electron chi connectivity index (χ1n) is 3.47. The van der Waals surface area contributed by atoms with Gasteiger partial charge in [0.25, 0.3) is 0 Å². The van der Waals surface area contributed by atoms with Gasteiger partial charge in [0.15, 0.2) is 11.3 Å². The fraction of sp³-hybridized carbons (Fsp3) is 0.143. The first-order chi connectivity index (χ1) is 6.11. The smallest absolute Gasteiger partial charge is 0.164 e. The summed E-state index contributed by atoms with van der Waals surface area (Å²) in [5.41, 5.74) is 0.892. The van der Waals surface area contributed by atoms with E-state index in [1.165, 1.54) is 10.7 Å². The van der Waals surface area contributed by atoms with Crippen molar-refractivity contribution in [1.29, 1.82) is 0 Å². The first kappa shape index (κ1) is 8.59. The molecule has 0 saturated carbocycles. The van der Waals surface area contributed by atoms with Gasteiger partial charge in [0.2, 0.25) is 0 Å². The Hall–Kier alpha value is -1.000. The molecule has 0 bridgehead atoms. The van der Waals surface area contributed by atoms with E-state index in [1.807, 2.05) is 0 Å². The monoisotopic (exact) mass is 217 g/mol. The number of benzene rings is 1. The third-order valence-electron chi connectivity index (χ3n) is 1.76. The molecule has 0 atom stereocenters. The van der Waals surface area contributed by atoms with Crippen LogP contribution in [0.15, 0.2) is 6.07 Å². The van der Waals surface area contributed by atoms with E-state index in [2.05, 4.69) is 10.3 Å². The van der Waals surface area contributed by atoms with Gasteiger partial charge in [0.05, 0.1) is 10.0 Å². The molecule has 0 aliphatic heterocycles. The highest BCUT2D eigenvalue weighted by atomic mass is 35.5. The van der Waals surface area contributed by atoms with E-state index in [-0.39, 0.29) is 10.8 Å². The molecule has 0 fully saturated rings. The summed E-state index contributed by atoms with van der Waals surface area (Å²) in [7, 11) is 1.69. The van der Waals surface area contributed by atoms with Crippen LogP contribution >= 0.6 is 23.2 Å². The number of hydrogen-bond acceptors (Lipinski definition) is 3. The van der Waals surface area contributed by atoms with Crippen molar-refractivity contribution in [2.24, 2.45) is 7.05 Å². The maximum Gasteiger partial charge on any atom is 0.164 e. The average Bonchev–Trinajstić information content (AvgIpc) is 2.44. The molecule has 0 saturated heterocycles. The summed E-state index contributed by atoms with van der Waals surface area (Å²) in [4.78, 5) is 0. The summed E-state index contributed by atoms with van der Waals surface area (Å²) in [5.74, 6) is -0.0887. The van der Waals surface area contributed by atoms with Crippen LogP contribution in [0.4, 0.5) is 0 Å². The Balaban J connectivity index is 2.99. The number of aromatic nitrogens is 3. The minimum Gasteiger partial charge on any atom is -0.504 e. The summed E-state index contributed by atoms with van der Waals surface area (Å²) in [5, 5.41) is 17.5. The maximum atomic E-state index is 9.49. The highest BCUT2D eigenvalue weighted by Gasteiger charge is 2.13. The van der Waals surface area contributed by atoms with Gasteiger partial charge >= 0.3 is 0 Å². The molecule has 0 aliphatic rings. The summed E-state index contributed by atoms with van der Waals surface area (Å²) in [6.07, 6.45) is 0. The van der Waals surface area contributed by atoms with Crippen molar-refractivity contribution in [2.45, 2.75) is 0 Å². The van der Waals surface area contributed by atoms with Crippen LogP contribution in [0.25, 0.3) is 11.0 Å². The molecule has 4 nitrogen and oxygen atoms in total. The highest BCUT2D eigenvalue weighted by Crippen LogP contribution is 2.35. The summed E-state index contributed by atoms with van der Waals surface area (Å²) < 4.78 is 1.48. The molecule has 0 radical (unpaired) electrons. The second-order valence-electron chi connectivity index (χ2n) is 2.60. The predicted molar refractivity (Wildman–Crippen MR) is 50.2 cm³/mol. The van der Waals surface area contributed by atoms with Gasteiger partial charge in [-0.25, -0.2) is 4.68 Å². The maximum absolute atomic E-state index is 9.49. The topological polar surface area (TPSA) is 50.9 Å². The molecule has 68 valence electrons. The van der Waals surface area contributed by atoms with Gasteiger partial charge in [-0.3, -0.25) is 0 Å². The number of phenols is 1. The SMILES string of the molecule is Cn1nnc2c(O)c(Cl)cc(Cl)c21. The molecular formula is C7H5Cl2N3O. The van der Waals surface area contributed by atoms with Crippen molar-refractivity contribution < 1.29 is 5.11 Å². The summed E-state index contributed by atoms with van der Waals surface area (Å²) in [6, 6.07) is 1.46. The highest BCUT2D eigenvalue weighted by molar-refractivity contribution is 6.39. The van der Waals surface area contributed by atoms with Crippen LogP contribution in [0.2, 0.25) is 10.0 Å². The Morgan fingerprint density at radius 2 is 2.08 bits per heavy atom. The van der Waals surface area contributed by atoms with Crippen molar-refractivity contribution in [3.05, 3.63) is 16.1 Å². The van der Waals surface area contributed by atoms with Gasteiger partial charge in [0.1, 0.15) is 5.52 Å². The van der Waals surface area contributed by atoms with Gasteiger partial charge in [0, 0.05) is 7.05 Å². The number of phenolic OH excluding ortho intramolecular Hbond substituents is 1. The van der Waals surface area contributed by atoms with Crippen molar-refractivity contribution in [3.63, 3.8) is 0 Å².